The van der Waals surface area contributed by atoms with Crippen molar-refractivity contribution in [2.24, 2.45) is 0 Å². The lowest BCUT2D eigenvalue weighted by atomic mass is 10.0. The molecule has 1 fully saturated rings. The molecule has 33 heavy (non-hydrogen) atoms. The number of nitrogens with zero attached hydrogens (tertiary/aromatic N) is 3. The molecule has 0 radical (unpaired) electrons. The largest absolute Gasteiger partial charge is 0.478 e. The fourth-order valence-electron chi connectivity index (χ4n) is 4.04. The van der Waals surface area contributed by atoms with E-state index in [1.54, 1.807) is 36.8 Å². The predicted octanol–water partition coefficient (Wildman–Crippen LogP) is 4.61. The third kappa shape index (κ3) is 4.20. The van der Waals surface area contributed by atoms with Crippen LogP contribution in [0, 0.1) is 0 Å². The van der Waals surface area contributed by atoms with Crippen molar-refractivity contribution in [3.8, 4) is 11.3 Å². The Kier molecular flexibility index (Phi) is 5.58. The van der Waals surface area contributed by atoms with Crippen molar-refractivity contribution < 1.29 is 14.3 Å². The maximum atomic E-state index is 11.4. The SMILES string of the molecule is O=C(O)c1cccc(-c2ccc(C3C(c4ccccn4)NC(=S)N3Cc3ccncc3)o2)c1. The number of carbonyl (C=O) groups is 1. The normalized spacial score (nSPS) is 17.7. The van der Waals surface area contributed by atoms with E-state index in [-0.39, 0.29) is 17.6 Å². The van der Waals surface area contributed by atoms with Crippen molar-refractivity contribution in [3.05, 3.63) is 108 Å². The van der Waals surface area contributed by atoms with Crippen molar-refractivity contribution in [3.63, 3.8) is 0 Å². The van der Waals surface area contributed by atoms with Crippen LogP contribution in [0.3, 0.4) is 0 Å². The molecule has 2 unspecified atom stereocenters. The first-order valence-electron chi connectivity index (χ1n) is 10.4. The summed E-state index contributed by atoms with van der Waals surface area (Å²) in [6.45, 7) is 0.576. The van der Waals surface area contributed by atoms with Gasteiger partial charge in [0.1, 0.15) is 17.6 Å². The number of benzene rings is 1. The van der Waals surface area contributed by atoms with Crippen molar-refractivity contribution >= 4 is 23.3 Å². The first-order valence-corrected chi connectivity index (χ1v) is 10.8. The molecule has 5 rings (SSSR count). The molecular formula is C25H20N4O3S. The zero-order valence-corrected chi connectivity index (χ0v) is 18.3. The Bertz CT molecular complexity index is 1290. The highest BCUT2D eigenvalue weighted by Crippen LogP contribution is 2.41. The second-order valence-electron chi connectivity index (χ2n) is 7.70. The number of pyridine rings is 2. The third-order valence-corrected chi connectivity index (χ3v) is 5.96. The molecule has 4 heterocycles. The van der Waals surface area contributed by atoms with Gasteiger partial charge in [-0.3, -0.25) is 9.97 Å². The Hall–Kier alpha value is -4.04. The molecule has 0 bridgehead atoms. The molecule has 8 heteroatoms. The van der Waals surface area contributed by atoms with Gasteiger partial charge in [-0.15, -0.1) is 0 Å². The summed E-state index contributed by atoms with van der Waals surface area (Å²) in [5, 5.41) is 13.3. The fraction of sp³-hybridized carbons (Fsp3) is 0.120. The first-order chi connectivity index (χ1) is 16.1. The number of thiocarbonyl (C=S) groups is 1. The topological polar surface area (TPSA) is 91.5 Å². The Labute approximate surface area is 195 Å². The summed E-state index contributed by atoms with van der Waals surface area (Å²) in [4.78, 5) is 22.1. The lowest BCUT2D eigenvalue weighted by Crippen LogP contribution is -2.29. The first kappa shape index (κ1) is 20.8. The molecule has 0 amide bonds. The van der Waals surface area contributed by atoms with Gasteiger partial charge in [-0.2, -0.15) is 0 Å². The number of aromatic nitrogens is 2. The molecule has 0 aliphatic carbocycles. The number of nitrogens with one attached hydrogen (secondary N) is 1. The zero-order valence-electron chi connectivity index (χ0n) is 17.5. The minimum atomic E-state index is -0.979. The van der Waals surface area contributed by atoms with Gasteiger partial charge in [-0.1, -0.05) is 18.2 Å². The van der Waals surface area contributed by atoms with Crippen LogP contribution in [0.15, 0.2) is 89.7 Å². The minimum absolute atomic E-state index is 0.204. The van der Waals surface area contributed by atoms with E-state index in [1.807, 2.05) is 48.5 Å². The number of hydrogen-bond acceptors (Lipinski definition) is 5. The van der Waals surface area contributed by atoms with Gasteiger partial charge in [0.2, 0.25) is 0 Å². The Morgan fingerprint density at radius 3 is 2.67 bits per heavy atom. The molecule has 3 aromatic heterocycles. The average Bonchev–Trinajstić information content (AvgIpc) is 3.45. The summed E-state index contributed by atoms with van der Waals surface area (Å²) in [5.74, 6) is 0.324. The standard InChI is InChI=1S/C25H20N4O3S/c30-24(31)18-5-3-4-17(14-18)20-7-8-21(32-20)23-22(19-6-1-2-11-27-19)28-25(33)29(23)15-16-9-12-26-13-10-16/h1-14,22-23H,15H2,(H,28,33)(H,30,31). The summed E-state index contributed by atoms with van der Waals surface area (Å²) >= 11 is 5.70. The van der Waals surface area contributed by atoms with E-state index >= 15 is 0 Å². The predicted molar refractivity (Wildman–Crippen MR) is 126 cm³/mol. The van der Waals surface area contributed by atoms with Gasteiger partial charge in [0.15, 0.2) is 5.11 Å². The number of rotatable bonds is 6. The van der Waals surface area contributed by atoms with E-state index in [9.17, 15) is 9.90 Å². The molecular weight excluding hydrogens is 436 g/mol. The molecule has 1 aliphatic rings. The van der Waals surface area contributed by atoms with Crippen molar-refractivity contribution in [1.29, 1.82) is 0 Å². The second kappa shape index (κ2) is 8.84. The van der Waals surface area contributed by atoms with Crippen LogP contribution in [-0.4, -0.2) is 31.1 Å². The Morgan fingerprint density at radius 1 is 1.06 bits per heavy atom. The summed E-state index contributed by atoms with van der Waals surface area (Å²) in [6, 6.07) is 19.7. The summed E-state index contributed by atoms with van der Waals surface area (Å²) < 4.78 is 6.28. The number of aromatic carboxylic acids is 1. The van der Waals surface area contributed by atoms with Gasteiger partial charge in [-0.05, 0) is 66.3 Å². The smallest absolute Gasteiger partial charge is 0.335 e. The lowest BCUT2D eigenvalue weighted by Gasteiger charge is -2.26. The Morgan fingerprint density at radius 2 is 1.91 bits per heavy atom. The molecule has 0 saturated carbocycles. The number of hydrogen-bond donors (Lipinski definition) is 2. The molecule has 4 aromatic rings. The second-order valence-corrected chi connectivity index (χ2v) is 8.08. The van der Waals surface area contributed by atoms with Crippen LogP contribution in [0.25, 0.3) is 11.3 Å². The molecule has 164 valence electrons. The molecule has 0 spiro atoms. The maximum Gasteiger partial charge on any atom is 0.335 e. The van der Waals surface area contributed by atoms with Gasteiger partial charge in [0.25, 0.3) is 0 Å². The van der Waals surface area contributed by atoms with E-state index in [4.69, 9.17) is 16.6 Å². The van der Waals surface area contributed by atoms with Gasteiger partial charge in [0, 0.05) is 30.7 Å². The van der Waals surface area contributed by atoms with Crippen LogP contribution >= 0.6 is 12.2 Å². The van der Waals surface area contributed by atoms with E-state index < -0.39 is 5.97 Å². The van der Waals surface area contributed by atoms with E-state index in [0.29, 0.717) is 28.7 Å². The summed E-state index contributed by atoms with van der Waals surface area (Å²) in [5.41, 5.74) is 2.83. The molecule has 1 aromatic carbocycles. The third-order valence-electron chi connectivity index (χ3n) is 5.61. The van der Waals surface area contributed by atoms with Crippen LogP contribution in [-0.2, 0) is 6.54 Å². The van der Waals surface area contributed by atoms with Crippen LogP contribution in [0.1, 0.15) is 39.5 Å². The molecule has 7 nitrogen and oxygen atoms in total. The quantitative estimate of drug-likeness (QED) is 0.407. The fourth-order valence-corrected chi connectivity index (χ4v) is 4.35. The lowest BCUT2D eigenvalue weighted by molar-refractivity contribution is 0.0697. The van der Waals surface area contributed by atoms with Crippen molar-refractivity contribution in [1.82, 2.24) is 20.2 Å². The van der Waals surface area contributed by atoms with Gasteiger partial charge in [0.05, 0.1) is 17.3 Å². The molecule has 1 aliphatic heterocycles. The van der Waals surface area contributed by atoms with Gasteiger partial charge >= 0.3 is 5.97 Å². The molecule has 2 N–H and O–H groups in total. The van der Waals surface area contributed by atoms with Crippen LogP contribution in [0.4, 0.5) is 0 Å². The summed E-state index contributed by atoms with van der Waals surface area (Å²) in [7, 11) is 0. The highest BCUT2D eigenvalue weighted by Gasteiger charge is 2.41. The molecule has 2 atom stereocenters. The highest BCUT2D eigenvalue weighted by atomic mass is 32.1. The van der Waals surface area contributed by atoms with Crippen molar-refractivity contribution in [2.45, 2.75) is 18.6 Å². The van der Waals surface area contributed by atoms with E-state index in [2.05, 4.69) is 20.2 Å². The van der Waals surface area contributed by atoms with Crippen LogP contribution < -0.4 is 5.32 Å². The summed E-state index contributed by atoms with van der Waals surface area (Å²) in [6.07, 6.45) is 5.27. The maximum absolute atomic E-state index is 11.4. The van der Waals surface area contributed by atoms with Crippen molar-refractivity contribution in [2.75, 3.05) is 0 Å². The van der Waals surface area contributed by atoms with E-state index in [1.165, 1.54) is 0 Å². The van der Waals surface area contributed by atoms with Crippen LogP contribution in [0.2, 0.25) is 0 Å². The van der Waals surface area contributed by atoms with Crippen LogP contribution in [0.5, 0.6) is 0 Å². The van der Waals surface area contributed by atoms with E-state index in [0.717, 1.165) is 11.3 Å². The average molecular weight is 457 g/mol. The van der Waals surface area contributed by atoms with Gasteiger partial charge in [-0.25, -0.2) is 4.79 Å². The zero-order chi connectivity index (χ0) is 22.8. The minimum Gasteiger partial charge on any atom is -0.478 e. The monoisotopic (exact) mass is 456 g/mol. The highest BCUT2D eigenvalue weighted by molar-refractivity contribution is 7.80. The Balaban J connectivity index is 1.53. The number of furan rings is 1. The number of carboxylic acids is 1. The number of carboxylic acid groups (broad SMARTS) is 1. The van der Waals surface area contributed by atoms with Gasteiger partial charge < -0.3 is 19.7 Å². The molecule has 1 saturated heterocycles.